The number of hydrogen-bond acceptors (Lipinski definition) is 2. The van der Waals surface area contributed by atoms with E-state index in [0.717, 1.165) is 36.1 Å². The van der Waals surface area contributed by atoms with E-state index in [9.17, 15) is 4.79 Å². The van der Waals surface area contributed by atoms with Crippen molar-refractivity contribution in [2.45, 2.75) is 38.1 Å². The zero-order valence-corrected chi connectivity index (χ0v) is 21.5. The zero-order chi connectivity index (χ0) is 24.1. The lowest BCUT2D eigenvalue weighted by Crippen LogP contribution is -2.51. The number of nitrogens with zero attached hydrogens (tertiary/aromatic N) is 2. The molecule has 0 aromatic heterocycles. The minimum absolute atomic E-state index is 0.0451. The van der Waals surface area contributed by atoms with Crippen LogP contribution in [0.1, 0.15) is 49.3 Å². The molecule has 6 heteroatoms. The van der Waals surface area contributed by atoms with Crippen LogP contribution in [0.3, 0.4) is 0 Å². The number of piperazine rings is 1. The van der Waals surface area contributed by atoms with Gasteiger partial charge in [0.15, 0.2) is 0 Å². The van der Waals surface area contributed by atoms with E-state index in [1.165, 1.54) is 0 Å². The smallest absolute Gasteiger partial charge is 0.230 e. The van der Waals surface area contributed by atoms with Gasteiger partial charge in [0.2, 0.25) is 5.91 Å². The Morgan fingerprint density at radius 3 is 2.32 bits per heavy atom. The molecule has 1 fully saturated rings. The summed E-state index contributed by atoms with van der Waals surface area (Å²) in [6.45, 7) is 4.06. The third-order valence-corrected chi connectivity index (χ3v) is 7.30. The van der Waals surface area contributed by atoms with Crippen LogP contribution in [0.25, 0.3) is 0 Å². The average Bonchev–Trinajstić information content (AvgIpc) is 2.85. The van der Waals surface area contributed by atoms with E-state index in [0.29, 0.717) is 34.7 Å². The van der Waals surface area contributed by atoms with E-state index in [-0.39, 0.29) is 17.9 Å². The van der Waals surface area contributed by atoms with Gasteiger partial charge in [-0.3, -0.25) is 4.79 Å². The molecule has 0 saturated carbocycles. The molecule has 0 N–H and O–H groups in total. The number of anilines is 1. The Bertz CT molecular complexity index is 1100. The maximum atomic E-state index is 13.8. The fourth-order valence-corrected chi connectivity index (χ4v) is 5.35. The standard InChI is InChI=1S/C28H29Cl3N2O/c1-2-3-9-24(20-7-5-4-6-8-20)28(34)32-16-17-33(26-15-14-23(30)18-25(26)31)27(19-32)21-10-12-22(29)13-11-21/h4-8,10-15,18,24,27H,2-3,9,16-17,19H2,1H3. The first-order valence-electron chi connectivity index (χ1n) is 11.8. The van der Waals surface area contributed by atoms with Crippen LogP contribution in [0.2, 0.25) is 15.1 Å². The van der Waals surface area contributed by atoms with Crippen LogP contribution in [-0.4, -0.2) is 30.4 Å². The van der Waals surface area contributed by atoms with Gasteiger partial charge in [0.1, 0.15) is 0 Å². The lowest BCUT2D eigenvalue weighted by molar-refractivity contribution is -0.133. The summed E-state index contributed by atoms with van der Waals surface area (Å²) < 4.78 is 0. The summed E-state index contributed by atoms with van der Waals surface area (Å²) in [4.78, 5) is 18.1. The predicted octanol–water partition coefficient (Wildman–Crippen LogP) is 8.01. The second-order valence-electron chi connectivity index (χ2n) is 8.75. The van der Waals surface area contributed by atoms with Crippen molar-refractivity contribution >= 4 is 46.4 Å². The number of benzene rings is 3. The minimum atomic E-state index is -0.127. The number of rotatable bonds is 7. The summed E-state index contributed by atoms with van der Waals surface area (Å²) in [6, 6.07) is 23.5. The Morgan fingerprint density at radius 2 is 1.65 bits per heavy atom. The quantitative estimate of drug-likeness (QED) is 0.318. The lowest BCUT2D eigenvalue weighted by Gasteiger charge is -2.44. The summed E-state index contributed by atoms with van der Waals surface area (Å²) in [7, 11) is 0. The minimum Gasteiger partial charge on any atom is -0.360 e. The van der Waals surface area contributed by atoms with Gasteiger partial charge in [-0.1, -0.05) is 97.0 Å². The van der Waals surface area contributed by atoms with Crippen molar-refractivity contribution in [2.24, 2.45) is 0 Å². The molecule has 0 aliphatic carbocycles. The molecule has 2 unspecified atom stereocenters. The normalized spacial score (nSPS) is 17.0. The number of amides is 1. The Kier molecular flexibility index (Phi) is 8.41. The first-order chi connectivity index (χ1) is 16.5. The molecule has 1 aliphatic heterocycles. The molecular weight excluding hydrogens is 487 g/mol. The molecule has 3 nitrogen and oxygen atoms in total. The fourth-order valence-electron chi connectivity index (χ4n) is 4.70. The molecule has 34 heavy (non-hydrogen) atoms. The summed E-state index contributed by atoms with van der Waals surface area (Å²) in [5.41, 5.74) is 3.11. The van der Waals surface area contributed by atoms with E-state index < -0.39 is 0 Å². The molecule has 0 radical (unpaired) electrons. The summed E-state index contributed by atoms with van der Waals surface area (Å²) in [5, 5.41) is 1.90. The van der Waals surface area contributed by atoms with Crippen molar-refractivity contribution in [2.75, 3.05) is 24.5 Å². The van der Waals surface area contributed by atoms with Crippen LogP contribution in [0.15, 0.2) is 72.8 Å². The third kappa shape index (κ3) is 5.71. The molecule has 0 bridgehead atoms. The van der Waals surface area contributed by atoms with Gasteiger partial charge in [0.05, 0.1) is 22.7 Å². The topological polar surface area (TPSA) is 23.6 Å². The van der Waals surface area contributed by atoms with Crippen molar-refractivity contribution in [3.05, 3.63) is 99.0 Å². The average molecular weight is 516 g/mol. The number of unbranched alkanes of at least 4 members (excludes halogenated alkanes) is 1. The van der Waals surface area contributed by atoms with Crippen LogP contribution < -0.4 is 4.90 Å². The highest BCUT2D eigenvalue weighted by atomic mass is 35.5. The van der Waals surface area contributed by atoms with E-state index in [1.54, 1.807) is 6.07 Å². The highest BCUT2D eigenvalue weighted by Crippen LogP contribution is 2.38. The highest BCUT2D eigenvalue weighted by molar-refractivity contribution is 6.36. The Morgan fingerprint density at radius 1 is 0.941 bits per heavy atom. The molecular formula is C28H29Cl3N2O. The molecule has 1 aliphatic rings. The molecule has 2 atom stereocenters. The molecule has 1 amide bonds. The Labute approximate surface area is 217 Å². The van der Waals surface area contributed by atoms with Crippen LogP contribution in [0.4, 0.5) is 5.69 Å². The van der Waals surface area contributed by atoms with E-state index in [2.05, 4.69) is 24.0 Å². The largest absolute Gasteiger partial charge is 0.360 e. The van der Waals surface area contributed by atoms with Gasteiger partial charge in [-0.25, -0.2) is 0 Å². The van der Waals surface area contributed by atoms with Gasteiger partial charge in [0.25, 0.3) is 0 Å². The number of halogens is 3. The second-order valence-corrected chi connectivity index (χ2v) is 10.0. The van der Waals surface area contributed by atoms with Crippen LogP contribution in [0.5, 0.6) is 0 Å². The maximum absolute atomic E-state index is 13.8. The van der Waals surface area contributed by atoms with Gasteiger partial charge < -0.3 is 9.80 Å². The van der Waals surface area contributed by atoms with Crippen molar-refractivity contribution < 1.29 is 4.79 Å². The monoisotopic (exact) mass is 514 g/mol. The molecule has 0 spiro atoms. The van der Waals surface area contributed by atoms with E-state index in [4.69, 9.17) is 34.8 Å². The van der Waals surface area contributed by atoms with Crippen LogP contribution in [0, 0.1) is 0 Å². The first-order valence-corrected chi connectivity index (χ1v) is 12.9. The molecule has 178 valence electrons. The lowest BCUT2D eigenvalue weighted by atomic mass is 9.91. The maximum Gasteiger partial charge on any atom is 0.230 e. The fraction of sp³-hybridized carbons (Fsp3) is 0.321. The first kappa shape index (κ1) is 24.9. The molecule has 3 aromatic carbocycles. The van der Waals surface area contributed by atoms with Crippen molar-refractivity contribution in [3.63, 3.8) is 0 Å². The molecule has 1 saturated heterocycles. The van der Waals surface area contributed by atoms with Crippen LogP contribution in [-0.2, 0) is 4.79 Å². The Balaban J connectivity index is 1.64. The molecule has 3 aromatic rings. The predicted molar refractivity (Wildman–Crippen MR) is 143 cm³/mol. The van der Waals surface area contributed by atoms with Gasteiger partial charge in [-0.05, 0) is 47.9 Å². The summed E-state index contributed by atoms with van der Waals surface area (Å²) in [6.07, 6.45) is 2.94. The van der Waals surface area contributed by atoms with Crippen LogP contribution >= 0.6 is 34.8 Å². The van der Waals surface area contributed by atoms with Gasteiger partial charge in [-0.2, -0.15) is 0 Å². The zero-order valence-electron chi connectivity index (χ0n) is 19.3. The van der Waals surface area contributed by atoms with E-state index >= 15 is 0 Å². The van der Waals surface area contributed by atoms with Gasteiger partial charge in [0, 0.05) is 29.7 Å². The highest BCUT2D eigenvalue weighted by Gasteiger charge is 2.34. The summed E-state index contributed by atoms with van der Waals surface area (Å²) in [5.74, 6) is 0.0677. The molecule has 4 rings (SSSR count). The number of carbonyl (C=O) groups excluding carboxylic acids is 1. The van der Waals surface area contributed by atoms with Gasteiger partial charge >= 0.3 is 0 Å². The Hall–Kier alpha value is -2.20. The number of hydrogen-bond donors (Lipinski definition) is 0. The SMILES string of the molecule is CCCCC(C(=O)N1CCN(c2ccc(Cl)cc2Cl)C(c2ccc(Cl)cc2)C1)c1ccccc1. The van der Waals surface area contributed by atoms with Crippen molar-refractivity contribution in [3.8, 4) is 0 Å². The summed E-state index contributed by atoms with van der Waals surface area (Å²) >= 11 is 18.9. The van der Waals surface area contributed by atoms with Gasteiger partial charge in [-0.15, -0.1) is 0 Å². The van der Waals surface area contributed by atoms with Crippen molar-refractivity contribution in [1.29, 1.82) is 0 Å². The van der Waals surface area contributed by atoms with E-state index in [1.807, 2.05) is 59.5 Å². The van der Waals surface area contributed by atoms with Crippen molar-refractivity contribution in [1.82, 2.24) is 4.90 Å². The third-order valence-electron chi connectivity index (χ3n) is 6.51. The second kappa shape index (κ2) is 11.5. The molecule has 1 heterocycles. The number of carbonyl (C=O) groups is 1.